The number of fused-ring (bicyclic) bond motifs is 2. The fraction of sp³-hybridized carbons (Fsp3) is 0.250. The smallest absolute Gasteiger partial charge is 0.325 e. The van der Waals surface area contributed by atoms with Crippen LogP contribution in [0, 0.1) is 11.8 Å². The molecule has 0 radical (unpaired) electrons. The normalized spacial score (nSPS) is 12.8. The van der Waals surface area contributed by atoms with E-state index >= 15 is 0 Å². The lowest BCUT2D eigenvalue weighted by atomic mass is 9.68. The van der Waals surface area contributed by atoms with Crippen LogP contribution in [0.15, 0.2) is 60.7 Å². The zero-order valence-corrected chi connectivity index (χ0v) is 22.4. The minimum absolute atomic E-state index is 0.172. The van der Waals surface area contributed by atoms with Gasteiger partial charge in [-0.2, -0.15) is 0 Å². The number of benzene rings is 5. The summed E-state index contributed by atoms with van der Waals surface area (Å²) in [6.45, 7) is 6.28. The lowest BCUT2D eigenvalue weighted by molar-refractivity contribution is -0.162. The van der Waals surface area contributed by atoms with Crippen LogP contribution in [0.5, 0.6) is 0 Å². The Morgan fingerprint density at radius 3 is 1.02 bits per heavy atom. The Balaban J connectivity index is 2.01. The van der Waals surface area contributed by atoms with Crippen molar-refractivity contribution in [2.75, 3.05) is 0 Å². The van der Waals surface area contributed by atoms with Crippen molar-refractivity contribution < 1.29 is 39.6 Å². The van der Waals surface area contributed by atoms with Gasteiger partial charge in [0.05, 0.1) is 0 Å². The summed E-state index contributed by atoms with van der Waals surface area (Å²) in [5, 5.41) is 46.2. The third kappa shape index (κ3) is 3.13. The Morgan fingerprint density at radius 1 is 0.475 bits per heavy atom. The largest absolute Gasteiger partial charge is 0.480 e. The molecular formula is C32H28O8. The first kappa shape index (κ1) is 26.9. The molecule has 0 aliphatic heterocycles. The molecule has 0 aliphatic rings. The van der Waals surface area contributed by atoms with Crippen LogP contribution in [0.2, 0.25) is 0 Å². The van der Waals surface area contributed by atoms with Crippen molar-refractivity contribution in [3.63, 3.8) is 0 Å². The molecule has 0 aliphatic carbocycles. The lowest BCUT2D eigenvalue weighted by Crippen LogP contribution is -2.48. The van der Waals surface area contributed by atoms with E-state index in [1.165, 1.54) is 0 Å². The summed E-state index contributed by atoms with van der Waals surface area (Å²) < 4.78 is 0. The molecule has 5 aromatic carbocycles. The van der Waals surface area contributed by atoms with Crippen LogP contribution in [-0.4, -0.2) is 44.3 Å². The van der Waals surface area contributed by atoms with Crippen molar-refractivity contribution in [3.8, 4) is 0 Å². The van der Waals surface area contributed by atoms with Gasteiger partial charge in [0, 0.05) is 0 Å². The van der Waals surface area contributed by atoms with Crippen LogP contribution in [-0.2, 0) is 30.0 Å². The molecule has 0 spiro atoms. The number of aliphatic carboxylic acids is 4. The predicted octanol–water partition coefficient (Wildman–Crippen LogP) is 5.86. The van der Waals surface area contributed by atoms with Gasteiger partial charge in [0.25, 0.3) is 0 Å². The molecule has 0 unspecified atom stereocenters. The number of hydrogen-bond acceptors (Lipinski definition) is 4. The van der Waals surface area contributed by atoms with Crippen molar-refractivity contribution in [3.05, 3.63) is 71.8 Å². The van der Waals surface area contributed by atoms with E-state index < -0.39 is 46.5 Å². The predicted molar refractivity (Wildman–Crippen MR) is 151 cm³/mol. The van der Waals surface area contributed by atoms with Crippen molar-refractivity contribution >= 4 is 67.0 Å². The third-order valence-electron chi connectivity index (χ3n) is 8.59. The maximum atomic E-state index is 12.6. The standard InChI is InChI=1S/C32H28O8/c1-15(2)31(27(33)34,28(35)36)23-13-11-19-20-12-14-24(32(16(3)4,29(37)38)30(39)40)22-10-6-8-18(26(20)22)17-7-5-9-21(23)25(17)19/h5-16H,1-4H3,(H,33,34)(H,35,36)(H,37,38)(H,39,40). The zero-order chi connectivity index (χ0) is 29.3. The van der Waals surface area contributed by atoms with Gasteiger partial charge in [-0.25, -0.2) is 0 Å². The summed E-state index contributed by atoms with van der Waals surface area (Å²) in [6, 6.07) is 17.1. The molecule has 0 aromatic heterocycles. The van der Waals surface area contributed by atoms with E-state index in [9.17, 15) is 39.6 Å². The fourth-order valence-corrected chi connectivity index (χ4v) is 6.65. The molecule has 8 nitrogen and oxygen atoms in total. The average molecular weight is 541 g/mol. The van der Waals surface area contributed by atoms with Gasteiger partial charge in [-0.1, -0.05) is 88.4 Å². The molecule has 4 N–H and O–H groups in total. The topological polar surface area (TPSA) is 149 Å². The Hall–Kier alpha value is -4.72. The molecule has 0 atom stereocenters. The van der Waals surface area contributed by atoms with Gasteiger partial charge in [-0.15, -0.1) is 0 Å². The van der Waals surface area contributed by atoms with Crippen LogP contribution < -0.4 is 0 Å². The van der Waals surface area contributed by atoms with Crippen LogP contribution in [0.1, 0.15) is 38.8 Å². The van der Waals surface area contributed by atoms with Crippen LogP contribution in [0.3, 0.4) is 0 Å². The van der Waals surface area contributed by atoms with Crippen molar-refractivity contribution in [2.24, 2.45) is 11.8 Å². The Morgan fingerprint density at radius 2 is 0.750 bits per heavy atom. The summed E-state index contributed by atoms with van der Waals surface area (Å²) in [7, 11) is 0. The molecule has 0 fully saturated rings. The van der Waals surface area contributed by atoms with E-state index in [1.807, 2.05) is 12.1 Å². The minimum atomic E-state index is -2.19. The van der Waals surface area contributed by atoms with Gasteiger partial charge in [0.2, 0.25) is 0 Å². The van der Waals surface area contributed by atoms with Crippen molar-refractivity contribution in [1.29, 1.82) is 0 Å². The molecule has 5 rings (SSSR count). The molecule has 0 bridgehead atoms. The third-order valence-corrected chi connectivity index (χ3v) is 8.59. The first-order chi connectivity index (χ1) is 18.8. The second-order valence-electron chi connectivity index (χ2n) is 10.9. The average Bonchev–Trinajstić information content (AvgIpc) is 2.87. The van der Waals surface area contributed by atoms with Gasteiger partial charge < -0.3 is 20.4 Å². The molecule has 0 amide bonds. The summed E-state index contributed by atoms with van der Waals surface area (Å²) in [5.41, 5.74) is -4.03. The van der Waals surface area contributed by atoms with Crippen LogP contribution in [0.4, 0.5) is 0 Å². The molecule has 5 aromatic rings. The molecule has 0 heterocycles. The van der Waals surface area contributed by atoms with E-state index in [2.05, 4.69) is 0 Å². The highest BCUT2D eigenvalue weighted by Gasteiger charge is 2.53. The summed E-state index contributed by atoms with van der Waals surface area (Å²) in [5.74, 6) is -7.34. The van der Waals surface area contributed by atoms with Gasteiger partial charge in [-0.05, 0) is 66.1 Å². The Kier molecular flexibility index (Phi) is 5.98. The van der Waals surface area contributed by atoms with E-state index in [1.54, 1.807) is 76.2 Å². The lowest BCUT2D eigenvalue weighted by Gasteiger charge is -2.32. The number of hydrogen-bond donors (Lipinski definition) is 4. The molecule has 0 saturated carbocycles. The second kappa shape index (κ2) is 8.91. The molecule has 40 heavy (non-hydrogen) atoms. The summed E-state index contributed by atoms with van der Waals surface area (Å²) in [4.78, 5) is 50.3. The van der Waals surface area contributed by atoms with E-state index in [-0.39, 0.29) is 11.1 Å². The quantitative estimate of drug-likeness (QED) is 0.109. The fourth-order valence-electron chi connectivity index (χ4n) is 6.65. The van der Waals surface area contributed by atoms with Gasteiger partial charge in [0.15, 0.2) is 10.8 Å². The highest BCUT2D eigenvalue weighted by atomic mass is 16.4. The second-order valence-corrected chi connectivity index (χ2v) is 10.9. The van der Waals surface area contributed by atoms with E-state index in [0.717, 1.165) is 21.5 Å². The Bertz CT molecular complexity index is 1700. The van der Waals surface area contributed by atoms with E-state index in [4.69, 9.17) is 0 Å². The van der Waals surface area contributed by atoms with Crippen LogP contribution >= 0.6 is 0 Å². The first-order valence-corrected chi connectivity index (χ1v) is 12.9. The SMILES string of the molecule is CC(C)C(C(=O)O)(C(=O)O)c1ccc2c3ccc(C(C(=O)O)(C(=O)O)C(C)C)c4cccc(c5cccc1c52)c43. The van der Waals surface area contributed by atoms with Gasteiger partial charge in [-0.3, -0.25) is 19.2 Å². The number of carboxylic acids is 4. The number of rotatable bonds is 8. The summed E-state index contributed by atoms with van der Waals surface area (Å²) >= 11 is 0. The molecular weight excluding hydrogens is 512 g/mol. The van der Waals surface area contributed by atoms with Crippen molar-refractivity contribution in [2.45, 2.75) is 38.5 Å². The number of carboxylic acid groups (broad SMARTS) is 4. The van der Waals surface area contributed by atoms with Gasteiger partial charge in [0.1, 0.15) is 0 Å². The monoisotopic (exact) mass is 540 g/mol. The summed E-state index contributed by atoms with van der Waals surface area (Å²) in [6.07, 6.45) is 0. The number of carbonyl (C=O) groups is 4. The highest BCUT2D eigenvalue weighted by Crippen LogP contribution is 2.47. The molecule has 0 saturated heterocycles. The highest BCUT2D eigenvalue weighted by molar-refractivity contribution is 6.34. The van der Waals surface area contributed by atoms with Gasteiger partial charge >= 0.3 is 23.9 Å². The molecule has 204 valence electrons. The first-order valence-electron chi connectivity index (χ1n) is 12.9. The minimum Gasteiger partial charge on any atom is -0.480 e. The molecule has 8 heteroatoms. The van der Waals surface area contributed by atoms with Crippen molar-refractivity contribution in [1.82, 2.24) is 0 Å². The maximum absolute atomic E-state index is 12.6. The maximum Gasteiger partial charge on any atom is 0.325 e. The van der Waals surface area contributed by atoms with Crippen LogP contribution in [0.25, 0.3) is 43.1 Å². The van der Waals surface area contributed by atoms with E-state index in [0.29, 0.717) is 21.5 Å². The Labute approximate surface area is 228 Å². The zero-order valence-electron chi connectivity index (χ0n) is 22.4.